The Balaban J connectivity index is 2.05. The monoisotopic (exact) mass is 213 g/mol. The van der Waals surface area contributed by atoms with Crippen LogP contribution in [0.3, 0.4) is 0 Å². The van der Waals surface area contributed by atoms with Crippen LogP contribution in [0.25, 0.3) is 0 Å². The second kappa shape index (κ2) is 4.79. The van der Waals surface area contributed by atoms with Crippen molar-refractivity contribution in [3.05, 3.63) is 59.4 Å². The van der Waals surface area contributed by atoms with E-state index in [0.29, 0.717) is 6.61 Å². The Morgan fingerprint density at radius 2 is 1.81 bits per heavy atom. The maximum atomic E-state index is 5.69. The summed E-state index contributed by atoms with van der Waals surface area (Å²) in [5.74, 6) is 0.906. The van der Waals surface area contributed by atoms with E-state index in [1.807, 2.05) is 30.3 Å². The minimum atomic E-state index is 0.518. The van der Waals surface area contributed by atoms with Crippen LogP contribution in [0.1, 0.15) is 16.8 Å². The number of hydrogen-bond acceptors (Lipinski definition) is 2. The lowest BCUT2D eigenvalue weighted by atomic mass is 10.1. The highest BCUT2D eigenvalue weighted by Gasteiger charge is 1.98. The van der Waals surface area contributed by atoms with E-state index in [4.69, 9.17) is 4.74 Å². The molecule has 0 bridgehead atoms. The molecule has 0 atom stereocenters. The molecule has 0 amide bonds. The van der Waals surface area contributed by atoms with Crippen molar-refractivity contribution in [2.24, 2.45) is 0 Å². The van der Waals surface area contributed by atoms with E-state index >= 15 is 0 Å². The Kier molecular flexibility index (Phi) is 3.20. The third-order valence-electron chi connectivity index (χ3n) is 2.31. The molecule has 2 heteroatoms. The second-order valence-corrected chi connectivity index (χ2v) is 3.93. The van der Waals surface area contributed by atoms with Crippen molar-refractivity contribution in [2.45, 2.75) is 20.5 Å². The van der Waals surface area contributed by atoms with Crippen LogP contribution in [0.2, 0.25) is 0 Å². The molecule has 0 radical (unpaired) electrons. The molecule has 0 spiro atoms. The molecule has 2 rings (SSSR count). The summed E-state index contributed by atoms with van der Waals surface area (Å²) >= 11 is 0. The predicted molar refractivity (Wildman–Crippen MR) is 64.5 cm³/mol. The quantitative estimate of drug-likeness (QED) is 0.780. The molecule has 0 aliphatic rings. The molecule has 0 unspecified atom stereocenters. The standard InChI is InChI=1S/C14H15NO/c1-11-7-12(2)9-14(8-11)16-10-13-5-3-4-6-15-13/h3-9H,10H2,1-2H3. The van der Waals surface area contributed by atoms with E-state index in [-0.39, 0.29) is 0 Å². The van der Waals surface area contributed by atoms with Gasteiger partial charge in [-0.1, -0.05) is 12.1 Å². The average molecular weight is 213 g/mol. The van der Waals surface area contributed by atoms with Crippen LogP contribution in [0.5, 0.6) is 5.75 Å². The van der Waals surface area contributed by atoms with Gasteiger partial charge in [-0.15, -0.1) is 0 Å². The van der Waals surface area contributed by atoms with Gasteiger partial charge in [-0.05, 0) is 49.2 Å². The molecule has 16 heavy (non-hydrogen) atoms. The number of aryl methyl sites for hydroxylation is 2. The van der Waals surface area contributed by atoms with Crippen molar-refractivity contribution in [1.29, 1.82) is 0 Å². The molecule has 0 saturated heterocycles. The summed E-state index contributed by atoms with van der Waals surface area (Å²) in [7, 11) is 0. The fourth-order valence-corrected chi connectivity index (χ4v) is 1.66. The van der Waals surface area contributed by atoms with Crippen molar-refractivity contribution >= 4 is 0 Å². The Bertz CT molecular complexity index is 445. The molecule has 1 aromatic carbocycles. The summed E-state index contributed by atoms with van der Waals surface area (Å²) in [6, 6.07) is 12.0. The van der Waals surface area contributed by atoms with E-state index in [2.05, 4.69) is 24.9 Å². The average Bonchev–Trinajstić information content (AvgIpc) is 2.27. The number of benzene rings is 1. The Hall–Kier alpha value is -1.83. The number of ether oxygens (including phenoxy) is 1. The van der Waals surface area contributed by atoms with Gasteiger partial charge in [-0.3, -0.25) is 4.98 Å². The number of hydrogen-bond donors (Lipinski definition) is 0. The van der Waals surface area contributed by atoms with E-state index < -0.39 is 0 Å². The van der Waals surface area contributed by atoms with Gasteiger partial charge in [0.2, 0.25) is 0 Å². The van der Waals surface area contributed by atoms with E-state index in [1.165, 1.54) is 11.1 Å². The van der Waals surface area contributed by atoms with Crippen LogP contribution in [0.4, 0.5) is 0 Å². The van der Waals surface area contributed by atoms with Crippen LogP contribution in [0, 0.1) is 13.8 Å². The molecule has 2 aromatic rings. The Morgan fingerprint density at radius 1 is 1.06 bits per heavy atom. The molecule has 82 valence electrons. The zero-order valence-electron chi connectivity index (χ0n) is 9.60. The Morgan fingerprint density at radius 3 is 2.44 bits per heavy atom. The molecule has 0 aliphatic heterocycles. The summed E-state index contributed by atoms with van der Waals surface area (Å²) in [6.07, 6.45) is 1.78. The molecule has 2 nitrogen and oxygen atoms in total. The normalized spacial score (nSPS) is 10.1. The third kappa shape index (κ3) is 2.83. The van der Waals surface area contributed by atoms with E-state index in [0.717, 1.165) is 11.4 Å². The molecule has 1 heterocycles. The fourth-order valence-electron chi connectivity index (χ4n) is 1.66. The van der Waals surface area contributed by atoms with Gasteiger partial charge in [0.25, 0.3) is 0 Å². The highest BCUT2D eigenvalue weighted by atomic mass is 16.5. The van der Waals surface area contributed by atoms with Gasteiger partial charge >= 0.3 is 0 Å². The topological polar surface area (TPSA) is 22.1 Å². The van der Waals surface area contributed by atoms with Crippen LogP contribution < -0.4 is 4.74 Å². The third-order valence-corrected chi connectivity index (χ3v) is 2.31. The van der Waals surface area contributed by atoms with E-state index in [1.54, 1.807) is 6.20 Å². The van der Waals surface area contributed by atoms with Crippen LogP contribution in [-0.4, -0.2) is 4.98 Å². The fraction of sp³-hybridized carbons (Fsp3) is 0.214. The van der Waals surface area contributed by atoms with Crippen molar-refractivity contribution in [3.63, 3.8) is 0 Å². The predicted octanol–water partition coefficient (Wildman–Crippen LogP) is 3.28. The van der Waals surface area contributed by atoms with Gasteiger partial charge in [-0.2, -0.15) is 0 Å². The summed E-state index contributed by atoms with van der Waals surface area (Å²) < 4.78 is 5.69. The van der Waals surface area contributed by atoms with Crippen molar-refractivity contribution < 1.29 is 4.74 Å². The largest absolute Gasteiger partial charge is 0.487 e. The van der Waals surface area contributed by atoms with Crippen molar-refractivity contribution in [2.75, 3.05) is 0 Å². The highest BCUT2D eigenvalue weighted by Crippen LogP contribution is 2.17. The first kappa shape index (κ1) is 10.7. The van der Waals surface area contributed by atoms with Crippen molar-refractivity contribution in [3.8, 4) is 5.75 Å². The number of rotatable bonds is 3. The van der Waals surface area contributed by atoms with Gasteiger partial charge in [0.1, 0.15) is 12.4 Å². The van der Waals surface area contributed by atoms with Crippen LogP contribution in [0.15, 0.2) is 42.6 Å². The zero-order valence-corrected chi connectivity index (χ0v) is 9.60. The maximum absolute atomic E-state index is 5.69. The molecule has 0 fully saturated rings. The zero-order chi connectivity index (χ0) is 11.4. The van der Waals surface area contributed by atoms with Gasteiger partial charge in [0.05, 0.1) is 5.69 Å². The summed E-state index contributed by atoms with van der Waals surface area (Å²) in [5, 5.41) is 0. The first-order chi connectivity index (χ1) is 7.74. The highest BCUT2D eigenvalue weighted by molar-refractivity contribution is 5.33. The van der Waals surface area contributed by atoms with E-state index in [9.17, 15) is 0 Å². The molecule has 0 saturated carbocycles. The summed E-state index contributed by atoms with van der Waals surface area (Å²) in [5.41, 5.74) is 3.38. The van der Waals surface area contributed by atoms with Gasteiger partial charge in [-0.25, -0.2) is 0 Å². The summed E-state index contributed by atoms with van der Waals surface area (Å²) in [6.45, 7) is 4.66. The molecular weight excluding hydrogens is 198 g/mol. The molecule has 0 N–H and O–H groups in total. The van der Waals surface area contributed by atoms with Crippen LogP contribution in [-0.2, 0) is 6.61 Å². The molecule has 0 aliphatic carbocycles. The van der Waals surface area contributed by atoms with Crippen LogP contribution >= 0.6 is 0 Å². The number of pyridine rings is 1. The smallest absolute Gasteiger partial charge is 0.130 e. The number of nitrogens with zero attached hydrogens (tertiary/aromatic N) is 1. The minimum Gasteiger partial charge on any atom is -0.487 e. The second-order valence-electron chi connectivity index (χ2n) is 3.93. The lowest BCUT2D eigenvalue weighted by Gasteiger charge is -2.07. The maximum Gasteiger partial charge on any atom is 0.130 e. The first-order valence-electron chi connectivity index (χ1n) is 5.35. The van der Waals surface area contributed by atoms with Gasteiger partial charge in [0.15, 0.2) is 0 Å². The summed E-state index contributed by atoms with van der Waals surface area (Å²) in [4.78, 5) is 4.21. The molecular formula is C14H15NO. The Labute approximate surface area is 95.9 Å². The number of aromatic nitrogens is 1. The lowest BCUT2D eigenvalue weighted by molar-refractivity contribution is 0.301. The lowest BCUT2D eigenvalue weighted by Crippen LogP contribution is -1.97. The first-order valence-corrected chi connectivity index (χ1v) is 5.35. The van der Waals surface area contributed by atoms with Gasteiger partial charge in [0, 0.05) is 6.20 Å². The SMILES string of the molecule is Cc1cc(C)cc(OCc2ccccn2)c1. The van der Waals surface area contributed by atoms with Crippen molar-refractivity contribution in [1.82, 2.24) is 4.98 Å². The molecule has 1 aromatic heterocycles. The minimum absolute atomic E-state index is 0.518. The van der Waals surface area contributed by atoms with Gasteiger partial charge < -0.3 is 4.74 Å².